The van der Waals surface area contributed by atoms with Crippen LogP contribution >= 0.6 is 12.4 Å². The third kappa shape index (κ3) is 5.50. The average molecular weight is 327 g/mol. The first-order chi connectivity index (χ1) is 10.3. The van der Waals surface area contributed by atoms with Crippen LogP contribution in [0.2, 0.25) is 0 Å². The molecule has 0 spiro atoms. The summed E-state index contributed by atoms with van der Waals surface area (Å²) in [6, 6.07) is 9.76. The Balaban J connectivity index is 0.00000242. The number of ether oxygens (including phenoxy) is 1. The number of hydrogen-bond acceptors (Lipinski definition) is 3. The van der Waals surface area contributed by atoms with Crippen LogP contribution in [0.4, 0.5) is 5.69 Å². The van der Waals surface area contributed by atoms with E-state index in [-0.39, 0.29) is 24.4 Å². The minimum Gasteiger partial charge on any atom is -0.358 e. The van der Waals surface area contributed by atoms with Crippen molar-refractivity contribution in [2.75, 3.05) is 24.8 Å². The molecule has 1 amide bonds. The van der Waals surface area contributed by atoms with Crippen molar-refractivity contribution in [3.8, 4) is 0 Å². The molecular formula is C17H27ClN2O2. The molecule has 1 N–H and O–H groups in total. The van der Waals surface area contributed by atoms with E-state index in [4.69, 9.17) is 4.74 Å². The Bertz CT molecular complexity index is 428. The van der Waals surface area contributed by atoms with Gasteiger partial charge in [-0.25, -0.2) is 0 Å². The lowest BCUT2D eigenvalue weighted by Crippen LogP contribution is -2.45. The summed E-state index contributed by atoms with van der Waals surface area (Å²) in [4.78, 5) is 14.3. The maximum Gasteiger partial charge on any atom is 0.245 e. The molecule has 4 nitrogen and oxygen atoms in total. The number of hydrogen-bond donors (Lipinski definition) is 1. The summed E-state index contributed by atoms with van der Waals surface area (Å²) in [7, 11) is 0. The molecule has 0 aliphatic carbocycles. The summed E-state index contributed by atoms with van der Waals surface area (Å²) in [5.41, 5.74) is 1.04. The van der Waals surface area contributed by atoms with Crippen molar-refractivity contribution in [3.63, 3.8) is 0 Å². The Morgan fingerprint density at radius 3 is 2.68 bits per heavy atom. The molecule has 124 valence electrons. The van der Waals surface area contributed by atoms with E-state index in [1.807, 2.05) is 35.2 Å². The fourth-order valence-corrected chi connectivity index (χ4v) is 2.59. The summed E-state index contributed by atoms with van der Waals surface area (Å²) >= 11 is 0. The van der Waals surface area contributed by atoms with Gasteiger partial charge in [-0.3, -0.25) is 4.79 Å². The standard InChI is InChI=1S/C17H26N2O2.ClH/c1-2-3-4-5-9-12-18-17(20)16-13-21-14-19(16)15-10-7-6-8-11-15;/h6-8,10-11,16H,2-5,9,12-14H2,1H3,(H,18,20);1H. The lowest BCUT2D eigenvalue weighted by Gasteiger charge is -2.23. The molecule has 1 aliphatic rings. The molecule has 1 aliphatic heterocycles. The van der Waals surface area contributed by atoms with Gasteiger partial charge in [0.1, 0.15) is 12.8 Å². The van der Waals surface area contributed by atoms with Crippen LogP contribution in [-0.4, -0.2) is 31.8 Å². The Kier molecular flexibility index (Phi) is 8.94. The summed E-state index contributed by atoms with van der Waals surface area (Å²) in [6.45, 7) is 3.93. The van der Waals surface area contributed by atoms with Gasteiger partial charge in [-0.15, -0.1) is 12.4 Å². The highest BCUT2D eigenvalue weighted by atomic mass is 35.5. The lowest BCUT2D eigenvalue weighted by molar-refractivity contribution is -0.122. The van der Waals surface area contributed by atoms with Gasteiger partial charge >= 0.3 is 0 Å². The summed E-state index contributed by atoms with van der Waals surface area (Å²) in [5, 5.41) is 3.04. The predicted molar refractivity (Wildman–Crippen MR) is 92.5 cm³/mol. The van der Waals surface area contributed by atoms with Crippen molar-refractivity contribution < 1.29 is 9.53 Å². The zero-order valence-corrected chi connectivity index (χ0v) is 14.1. The number of unbranched alkanes of at least 4 members (excludes halogenated alkanes) is 4. The summed E-state index contributed by atoms with van der Waals surface area (Å²) in [5.74, 6) is 0.0758. The minimum atomic E-state index is -0.206. The smallest absolute Gasteiger partial charge is 0.245 e. The van der Waals surface area contributed by atoms with E-state index in [1.54, 1.807) is 0 Å². The van der Waals surface area contributed by atoms with E-state index in [9.17, 15) is 4.79 Å². The predicted octanol–water partition coefficient (Wildman–Crippen LogP) is 3.36. The molecule has 1 atom stereocenters. The van der Waals surface area contributed by atoms with Crippen LogP contribution in [0.15, 0.2) is 30.3 Å². The molecule has 1 saturated heterocycles. The first-order valence-electron chi connectivity index (χ1n) is 8.00. The van der Waals surface area contributed by atoms with Crippen LogP contribution in [0, 0.1) is 0 Å². The van der Waals surface area contributed by atoms with Crippen LogP contribution in [0.5, 0.6) is 0 Å². The molecule has 0 aromatic heterocycles. The third-order valence-electron chi connectivity index (χ3n) is 3.85. The SMILES string of the molecule is CCCCCCCNC(=O)C1COCN1c1ccccc1.Cl. The van der Waals surface area contributed by atoms with Gasteiger partial charge in [0.2, 0.25) is 5.91 Å². The molecule has 0 bridgehead atoms. The van der Waals surface area contributed by atoms with Crippen molar-refractivity contribution in [1.82, 2.24) is 5.32 Å². The number of rotatable bonds is 8. The van der Waals surface area contributed by atoms with Crippen molar-refractivity contribution in [1.29, 1.82) is 0 Å². The number of carbonyl (C=O) groups excluding carboxylic acids is 1. The first-order valence-corrected chi connectivity index (χ1v) is 8.00. The van der Waals surface area contributed by atoms with Gasteiger partial charge in [0.15, 0.2) is 0 Å². The number of nitrogens with one attached hydrogen (secondary N) is 1. The fraction of sp³-hybridized carbons (Fsp3) is 0.588. The van der Waals surface area contributed by atoms with E-state index in [0.29, 0.717) is 13.3 Å². The second-order valence-electron chi connectivity index (χ2n) is 5.53. The maximum absolute atomic E-state index is 12.3. The quantitative estimate of drug-likeness (QED) is 0.745. The summed E-state index contributed by atoms with van der Waals surface area (Å²) in [6.07, 6.45) is 6.04. The van der Waals surface area contributed by atoms with Crippen molar-refractivity contribution >= 4 is 24.0 Å². The Morgan fingerprint density at radius 1 is 1.23 bits per heavy atom. The number of carbonyl (C=O) groups is 1. The van der Waals surface area contributed by atoms with Crippen LogP contribution in [0.1, 0.15) is 39.0 Å². The second-order valence-corrected chi connectivity index (χ2v) is 5.53. The number of anilines is 1. The van der Waals surface area contributed by atoms with E-state index in [1.165, 1.54) is 25.7 Å². The van der Waals surface area contributed by atoms with Crippen molar-refractivity contribution in [3.05, 3.63) is 30.3 Å². The lowest BCUT2D eigenvalue weighted by atomic mass is 10.1. The van der Waals surface area contributed by atoms with E-state index >= 15 is 0 Å². The molecule has 0 radical (unpaired) electrons. The number of nitrogens with zero attached hydrogens (tertiary/aromatic N) is 1. The number of halogens is 1. The van der Waals surface area contributed by atoms with Crippen LogP contribution < -0.4 is 10.2 Å². The van der Waals surface area contributed by atoms with Gasteiger partial charge in [0.25, 0.3) is 0 Å². The highest BCUT2D eigenvalue weighted by Crippen LogP contribution is 2.20. The zero-order valence-electron chi connectivity index (χ0n) is 13.3. The number of benzene rings is 1. The van der Waals surface area contributed by atoms with Crippen LogP contribution in [-0.2, 0) is 9.53 Å². The van der Waals surface area contributed by atoms with Gasteiger partial charge in [0.05, 0.1) is 6.61 Å². The van der Waals surface area contributed by atoms with Crippen LogP contribution in [0.3, 0.4) is 0 Å². The molecule has 2 rings (SSSR count). The molecule has 22 heavy (non-hydrogen) atoms. The largest absolute Gasteiger partial charge is 0.358 e. The molecular weight excluding hydrogens is 300 g/mol. The maximum atomic E-state index is 12.3. The van der Waals surface area contributed by atoms with E-state index < -0.39 is 0 Å². The molecule has 1 fully saturated rings. The Morgan fingerprint density at radius 2 is 1.95 bits per heavy atom. The Hall–Kier alpha value is -1.26. The van der Waals surface area contributed by atoms with Gasteiger partial charge < -0.3 is 15.0 Å². The first kappa shape index (κ1) is 18.8. The van der Waals surface area contributed by atoms with Gasteiger partial charge in [0, 0.05) is 12.2 Å². The monoisotopic (exact) mass is 326 g/mol. The molecule has 1 unspecified atom stereocenters. The van der Waals surface area contributed by atoms with Crippen molar-refractivity contribution in [2.45, 2.75) is 45.1 Å². The number of para-hydroxylation sites is 1. The molecule has 1 aromatic rings. The van der Waals surface area contributed by atoms with Crippen LogP contribution in [0.25, 0.3) is 0 Å². The summed E-state index contributed by atoms with van der Waals surface area (Å²) < 4.78 is 5.47. The molecule has 1 heterocycles. The normalized spacial score (nSPS) is 17.1. The minimum absolute atomic E-state index is 0. The molecule has 1 aromatic carbocycles. The van der Waals surface area contributed by atoms with Crippen molar-refractivity contribution in [2.24, 2.45) is 0 Å². The van der Waals surface area contributed by atoms with E-state index in [2.05, 4.69) is 12.2 Å². The molecule has 5 heteroatoms. The fourth-order valence-electron chi connectivity index (χ4n) is 2.59. The highest BCUT2D eigenvalue weighted by Gasteiger charge is 2.31. The second kappa shape index (κ2) is 10.5. The van der Waals surface area contributed by atoms with Gasteiger partial charge in [-0.2, -0.15) is 0 Å². The molecule has 0 saturated carbocycles. The third-order valence-corrected chi connectivity index (χ3v) is 3.85. The topological polar surface area (TPSA) is 41.6 Å². The van der Waals surface area contributed by atoms with Gasteiger partial charge in [-0.05, 0) is 18.6 Å². The number of amides is 1. The van der Waals surface area contributed by atoms with E-state index in [0.717, 1.165) is 18.7 Å². The highest BCUT2D eigenvalue weighted by molar-refractivity contribution is 5.86. The zero-order chi connectivity index (χ0) is 14.9. The average Bonchev–Trinajstić information content (AvgIpc) is 3.01. The Labute approximate surface area is 139 Å². The van der Waals surface area contributed by atoms with Gasteiger partial charge in [-0.1, -0.05) is 50.8 Å².